The molecule has 1 heterocycles. The second-order valence-electron chi connectivity index (χ2n) is 5.17. The minimum atomic E-state index is -0.755. The number of hydrogen-bond donors (Lipinski definition) is 1. The minimum Gasteiger partial charge on any atom is -0.492 e. The minimum absolute atomic E-state index is 0.134. The van der Waals surface area contributed by atoms with Crippen LogP contribution >= 0.6 is 11.6 Å². The Morgan fingerprint density at radius 1 is 1.14 bits per heavy atom. The zero-order chi connectivity index (χ0) is 15.1. The molecule has 0 bridgehead atoms. The highest BCUT2D eigenvalue weighted by atomic mass is 35.5. The summed E-state index contributed by atoms with van der Waals surface area (Å²) in [6, 6.07) is 7.35. The Morgan fingerprint density at radius 2 is 1.81 bits per heavy atom. The molecular formula is C15H21ClN2O3. The summed E-state index contributed by atoms with van der Waals surface area (Å²) in [6.07, 6.45) is 0.994. The van der Waals surface area contributed by atoms with E-state index in [9.17, 15) is 4.79 Å². The lowest BCUT2D eigenvalue weighted by Crippen LogP contribution is -2.35. The van der Waals surface area contributed by atoms with Gasteiger partial charge in [0.15, 0.2) is 0 Å². The second-order valence-corrected chi connectivity index (χ2v) is 5.60. The fraction of sp³-hybridized carbons (Fsp3) is 0.533. The highest BCUT2D eigenvalue weighted by Crippen LogP contribution is 2.15. The molecule has 1 N–H and O–H groups in total. The lowest BCUT2D eigenvalue weighted by molar-refractivity contribution is -0.138. The van der Waals surface area contributed by atoms with E-state index in [1.54, 1.807) is 0 Å². The largest absolute Gasteiger partial charge is 0.492 e. The average molecular weight is 313 g/mol. The highest BCUT2D eigenvalue weighted by molar-refractivity contribution is 6.30. The van der Waals surface area contributed by atoms with E-state index in [1.165, 1.54) is 0 Å². The molecule has 1 fully saturated rings. The van der Waals surface area contributed by atoms with Crippen molar-refractivity contribution in [3.05, 3.63) is 29.3 Å². The van der Waals surface area contributed by atoms with E-state index >= 15 is 0 Å². The molecule has 0 saturated carbocycles. The first-order valence-electron chi connectivity index (χ1n) is 7.18. The summed E-state index contributed by atoms with van der Waals surface area (Å²) in [4.78, 5) is 15.0. The van der Waals surface area contributed by atoms with Crippen molar-refractivity contribution in [3.8, 4) is 5.75 Å². The smallest absolute Gasteiger partial charge is 0.317 e. The van der Waals surface area contributed by atoms with Crippen LogP contribution in [0.15, 0.2) is 24.3 Å². The standard InChI is InChI=1S/C15H21ClN2O3/c16-13-2-4-14(5-3-13)21-11-10-17-6-1-7-18(9-8-17)12-15(19)20/h2-5H,1,6-12H2,(H,19,20). The van der Waals surface area contributed by atoms with Gasteiger partial charge in [-0.3, -0.25) is 14.6 Å². The Kier molecular flexibility index (Phi) is 6.29. The van der Waals surface area contributed by atoms with Gasteiger partial charge in [-0.25, -0.2) is 0 Å². The molecular weight excluding hydrogens is 292 g/mol. The number of hydrogen-bond acceptors (Lipinski definition) is 4. The molecule has 116 valence electrons. The monoisotopic (exact) mass is 312 g/mol. The topological polar surface area (TPSA) is 53.0 Å². The van der Waals surface area contributed by atoms with Gasteiger partial charge in [-0.2, -0.15) is 0 Å². The fourth-order valence-electron chi connectivity index (χ4n) is 2.42. The van der Waals surface area contributed by atoms with Gasteiger partial charge >= 0.3 is 5.97 Å². The predicted octanol–water partition coefficient (Wildman–Crippen LogP) is 1.81. The van der Waals surface area contributed by atoms with E-state index < -0.39 is 5.97 Å². The predicted molar refractivity (Wildman–Crippen MR) is 82.1 cm³/mol. The molecule has 0 aromatic heterocycles. The summed E-state index contributed by atoms with van der Waals surface area (Å²) >= 11 is 5.83. The number of carboxylic acids is 1. The van der Waals surface area contributed by atoms with Crippen molar-refractivity contribution in [3.63, 3.8) is 0 Å². The SMILES string of the molecule is O=C(O)CN1CCCN(CCOc2ccc(Cl)cc2)CC1. The van der Waals surface area contributed by atoms with Crippen LogP contribution in [0.2, 0.25) is 5.02 Å². The van der Waals surface area contributed by atoms with Gasteiger partial charge in [-0.1, -0.05) is 11.6 Å². The van der Waals surface area contributed by atoms with Crippen molar-refractivity contribution in [2.45, 2.75) is 6.42 Å². The third kappa shape index (κ3) is 5.91. The first-order chi connectivity index (χ1) is 10.1. The van der Waals surface area contributed by atoms with Gasteiger partial charge in [0.2, 0.25) is 0 Å². The van der Waals surface area contributed by atoms with Crippen molar-refractivity contribution in [2.75, 3.05) is 45.9 Å². The first kappa shape index (κ1) is 16.1. The average Bonchev–Trinajstić information content (AvgIpc) is 2.66. The molecule has 6 heteroatoms. The van der Waals surface area contributed by atoms with E-state index in [0.717, 1.165) is 44.9 Å². The normalized spacial score (nSPS) is 17.4. The van der Waals surface area contributed by atoms with E-state index in [2.05, 4.69) is 4.90 Å². The number of halogens is 1. The number of rotatable bonds is 6. The molecule has 0 radical (unpaired) electrons. The zero-order valence-electron chi connectivity index (χ0n) is 12.0. The highest BCUT2D eigenvalue weighted by Gasteiger charge is 2.16. The van der Waals surface area contributed by atoms with Crippen LogP contribution in [0.25, 0.3) is 0 Å². The molecule has 0 atom stereocenters. The van der Waals surface area contributed by atoms with Crippen LogP contribution < -0.4 is 4.74 Å². The molecule has 0 aliphatic carbocycles. The van der Waals surface area contributed by atoms with Crippen molar-refractivity contribution in [2.24, 2.45) is 0 Å². The van der Waals surface area contributed by atoms with E-state index in [-0.39, 0.29) is 6.54 Å². The molecule has 0 amide bonds. The molecule has 2 rings (SSSR count). The van der Waals surface area contributed by atoms with Crippen molar-refractivity contribution in [1.82, 2.24) is 9.80 Å². The van der Waals surface area contributed by atoms with Gasteiger partial charge in [0.1, 0.15) is 12.4 Å². The number of carbonyl (C=O) groups is 1. The Bertz CT molecular complexity index is 453. The first-order valence-corrected chi connectivity index (χ1v) is 7.56. The Hall–Kier alpha value is -1.30. The summed E-state index contributed by atoms with van der Waals surface area (Å²) in [5.74, 6) is 0.0660. The molecule has 0 unspecified atom stereocenters. The molecule has 0 spiro atoms. The zero-order valence-corrected chi connectivity index (χ0v) is 12.8. The summed E-state index contributed by atoms with van der Waals surface area (Å²) in [6.45, 7) is 5.13. The van der Waals surface area contributed by atoms with Crippen LogP contribution in [0.5, 0.6) is 5.75 Å². The summed E-state index contributed by atoms with van der Waals surface area (Å²) < 4.78 is 5.69. The van der Waals surface area contributed by atoms with Crippen LogP contribution in [0.3, 0.4) is 0 Å². The van der Waals surface area contributed by atoms with Crippen molar-refractivity contribution in [1.29, 1.82) is 0 Å². The maximum Gasteiger partial charge on any atom is 0.317 e. The number of carboxylic acid groups (broad SMARTS) is 1. The molecule has 1 saturated heterocycles. The van der Waals surface area contributed by atoms with Gasteiger partial charge in [-0.15, -0.1) is 0 Å². The Labute approximate surface area is 130 Å². The van der Waals surface area contributed by atoms with Gasteiger partial charge < -0.3 is 9.84 Å². The van der Waals surface area contributed by atoms with Crippen LogP contribution in [-0.4, -0.2) is 66.8 Å². The van der Waals surface area contributed by atoms with Gasteiger partial charge in [-0.05, 0) is 37.2 Å². The molecule has 1 aliphatic heterocycles. The van der Waals surface area contributed by atoms with Crippen LogP contribution in [-0.2, 0) is 4.79 Å². The molecule has 21 heavy (non-hydrogen) atoms. The molecule has 1 aliphatic rings. The summed E-state index contributed by atoms with van der Waals surface area (Å²) in [5, 5.41) is 9.53. The lowest BCUT2D eigenvalue weighted by atomic mass is 10.3. The lowest BCUT2D eigenvalue weighted by Gasteiger charge is -2.20. The number of nitrogens with zero attached hydrogens (tertiary/aromatic N) is 2. The number of ether oxygens (including phenoxy) is 1. The quantitative estimate of drug-likeness (QED) is 0.868. The summed E-state index contributed by atoms with van der Waals surface area (Å²) in [5.41, 5.74) is 0. The van der Waals surface area contributed by atoms with Crippen LogP contribution in [0.4, 0.5) is 0 Å². The van der Waals surface area contributed by atoms with E-state index in [4.69, 9.17) is 21.4 Å². The fourth-order valence-corrected chi connectivity index (χ4v) is 2.55. The van der Waals surface area contributed by atoms with Gasteiger partial charge in [0.05, 0.1) is 6.54 Å². The molecule has 1 aromatic rings. The maximum absolute atomic E-state index is 10.7. The van der Waals surface area contributed by atoms with Crippen molar-refractivity contribution >= 4 is 17.6 Å². The van der Waals surface area contributed by atoms with Crippen LogP contribution in [0, 0.1) is 0 Å². The maximum atomic E-state index is 10.7. The Balaban J connectivity index is 1.69. The van der Waals surface area contributed by atoms with E-state index in [1.807, 2.05) is 29.2 Å². The van der Waals surface area contributed by atoms with Gasteiger partial charge in [0, 0.05) is 31.2 Å². The van der Waals surface area contributed by atoms with E-state index in [0.29, 0.717) is 11.6 Å². The Morgan fingerprint density at radius 3 is 2.52 bits per heavy atom. The molecule has 5 nitrogen and oxygen atoms in total. The molecule has 1 aromatic carbocycles. The second kappa shape index (κ2) is 8.22. The van der Waals surface area contributed by atoms with Crippen molar-refractivity contribution < 1.29 is 14.6 Å². The van der Waals surface area contributed by atoms with Crippen LogP contribution in [0.1, 0.15) is 6.42 Å². The number of aliphatic carboxylic acids is 1. The summed E-state index contributed by atoms with van der Waals surface area (Å²) in [7, 11) is 0. The third-order valence-electron chi connectivity index (χ3n) is 3.53. The number of benzene rings is 1. The third-order valence-corrected chi connectivity index (χ3v) is 3.78. The van der Waals surface area contributed by atoms with Gasteiger partial charge in [0.25, 0.3) is 0 Å².